The molecule has 0 saturated carbocycles. The molecule has 1 aliphatic heterocycles. The van der Waals surface area contributed by atoms with Crippen molar-refractivity contribution in [2.75, 3.05) is 0 Å². The van der Waals surface area contributed by atoms with Gasteiger partial charge in [0.05, 0.1) is 18.1 Å². The van der Waals surface area contributed by atoms with Crippen LogP contribution in [0.2, 0.25) is 0 Å². The molecule has 2 N–H and O–H groups in total. The fourth-order valence-corrected chi connectivity index (χ4v) is 2.96. The number of carbonyl (C=O) groups excluding carboxylic acids is 1. The van der Waals surface area contributed by atoms with E-state index in [2.05, 4.69) is 6.58 Å². The maximum Gasteiger partial charge on any atom is 0.309 e. The summed E-state index contributed by atoms with van der Waals surface area (Å²) in [6, 6.07) is 0. The Morgan fingerprint density at radius 1 is 1.42 bits per heavy atom. The average Bonchev–Trinajstić information content (AvgIpc) is 2.60. The first-order chi connectivity index (χ1) is 8.90. The number of esters is 1. The molecule has 2 rings (SSSR count). The molecule has 0 aromatic carbocycles. The zero-order valence-electron chi connectivity index (χ0n) is 11.5. The minimum Gasteiger partial charge on any atom is -0.461 e. The summed E-state index contributed by atoms with van der Waals surface area (Å²) in [4.78, 5) is 11.7. The predicted octanol–water partition coefficient (Wildman–Crippen LogP) is 1.57. The van der Waals surface area contributed by atoms with Crippen molar-refractivity contribution in [3.63, 3.8) is 0 Å². The molecule has 1 aliphatic carbocycles. The van der Waals surface area contributed by atoms with Gasteiger partial charge in [-0.05, 0) is 25.3 Å². The van der Waals surface area contributed by atoms with Crippen LogP contribution in [-0.4, -0.2) is 34.5 Å². The van der Waals surface area contributed by atoms with Crippen molar-refractivity contribution < 1.29 is 19.7 Å². The molecule has 19 heavy (non-hydrogen) atoms. The quantitative estimate of drug-likeness (QED) is 0.516. The summed E-state index contributed by atoms with van der Waals surface area (Å²) in [6.45, 7) is 7.60. The van der Waals surface area contributed by atoms with Crippen molar-refractivity contribution in [1.82, 2.24) is 0 Å². The summed E-state index contributed by atoms with van der Waals surface area (Å²) >= 11 is 0. The summed E-state index contributed by atoms with van der Waals surface area (Å²) in [6.07, 6.45) is 1.88. The second kappa shape index (κ2) is 5.47. The van der Waals surface area contributed by atoms with Crippen molar-refractivity contribution in [3.8, 4) is 0 Å². The first-order valence-corrected chi connectivity index (χ1v) is 6.81. The molecular formula is C15H22O4. The molecule has 1 heterocycles. The molecule has 0 aromatic heterocycles. The number of rotatable bonds is 0. The van der Waals surface area contributed by atoms with Crippen LogP contribution in [0, 0.1) is 11.8 Å². The zero-order valence-corrected chi connectivity index (χ0v) is 11.5. The second-order valence-corrected chi connectivity index (χ2v) is 5.76. The van der Waals surface area contributed by atoms with Gasteiger partial charge in [-0.15, -0.1) is 0 Å². The molecule has 4 nitrogen and oxygen atoms in total. The Hall–Kier alpha value is -1.13. The Labute approximate surface area is 113 Å². The first kappa shape index (κ1) is 14.3. The summed E-state index contributed by atoms with van der Waals surface area (Å²) in [7, 11) is 0. The van der Waals surface area contributed by atoms with Crippen LogP contribution in [0.3, 0.4) is 0 Å². The zero-order chi connectivity index (χ0) is 14.2. The van der Waals surface area contributed by atoms with Gasteiger partial charge in [0, 0.05) is 12.3 Å². The number of carbonyl (C=O) groups is 1. The van der Waals surface area contributed by atoms with Gasteiger partial charge < -0.3 is 14.9 Å². The van der Waals surface area contributed by atoms with E-state index in [0.717, 1.165) is 12.0 Å². The third kappa shape index (κ3) is 2.90. The number of hydrogen-bond donors (Lipinski definition) is 2. The monoisotopic (exact) mass is 266 g/mol. The van der Waals surface area contributed by atoms with Crippen LogP contribution in [-0.2, 0) is 9.53 Å². The summed E-state index contributed by atoms with van der Waals surface area (Å²) in [5.74, 6) is -0.862. The van der Waals surface area contributed by atoms with Crippen molar-refractivity contribution >= 4 is 5.97 Å². The van der Waals surface area contributed by atoms with E-state index in [0.29, 0.717) is 18.4 Å². The van der Waals surface area contributed by atoms with Crippen molar-refractivity contribution in [2.24, 2.45) is 11.8 Å². The summed E-state index contributed by atoms with van der Waals surface area (Å²) in [5.41, 5.74) is 1.70. The maximum atomic E-state index is 11.7. The summed E-state index contributed by atoms with van der Waals surface area (Å²) in [5, 5.41) is 20.3. The third-order valence-corrected chi connectivity index (χ3v) is 4.24. The smallest absolute Gasteiger partial charge is 0.309 e. The summed E-state index contributed by atoms with van der Waals surface area (Å²) < 4.78 is 5.33. The van der Waals surface area contributed by atoms with Gasteiger partial charge in [-0.3, -0.25) is 4.79 Å². The van der Waals surface area contributed by atoms with E-state index in [-0.39, 0.29) is 23.9 Å². The molecule has 0 aromatic rings. The maximum absolute atomic E-state index is 11.7. The van der Waals surface area contributed by atoms with Crippen LogP contribution < -0.4 is 0 Å². The van der Waals surface area contributed by atoms with Crippen LogP contribution in [0.15, 0.2) is 23.8 Å². The Morgan fingerprint density at radius 2 is 2.11 bits per heavy atom. The first-order valence-electron chi connectivity index (χ1n) is 6.81. The number of allylic oxidation sites excluding steroid dienone is 1. The SMILES string of the molecule is C=C1CC2OC(=O)C(C)C2C(O)C=C(C)CCC1O. The third-order valence-electron chi connectivity index (χ3n) is 4.24. The van der Waals surface area contributed by atoms with Gasteiger partial charge in [0.2, 0.25) is 0 Å². The molecule has 1 saturated heterocycles. The van der Waals surface area contributed by atoms with Crippen molar-refractivity contribution in [1.29, 1.82) is 0 Å². The highest BCUT2D eigenvalue weighted by atomic mass is 16.6. The van der Waals surface area contributed by atoms with Gasteiger partial charge in [0.25, 0.3) is 0 Å². The fourth-order valence-electron chi connectivity index (χ4n) is 2.96. The number of ether oxygens (including phenoxy) is 1. The van der Waals surface area contributed by atoms with E-state index in [1.807, 2.05) is 6.92 Å². The Kier molecular flexibility index (Phi) is 4.11. The highest BCUT2D eigenvalue weighted by Gasteiger charge is 2.45. The number of fused-ring (bicyclic) bond motifs is 1. The molecule has 0 bridgehead atoms. The molecule has 2 aliphatic rings. The lowest BCUT2D eigenvalue weighted by Gasteiger charge is -2.26. The van der Waals surface area contributed by atoms with Gasteiger partial charge in [-0.1, -0.05) is 25.2 Å². The van der Waals surface area contributed by atoms with Crippen LogP contribution in [0.4, 0.5) is 0 Å². The fraction of sp³-hybridized carbons (Fsp3) is 0.667. The minimum absolute atomic E-state index is 0.260. The van der Waals surface area contributed by atoms with Gasteiger partial charge >= 0.3 is 5.97 Å². The molecule has 4 heteroatoms. The van der Waals surface area contributed by atoms with E-state index in [4.69, 9.17) is 4.74 Å². The average molecular weight is 266 g/mol. The van der Waals surface area contributed by atoms with E-state index in [1.54, 1.807) is 13.0 Å². The molecule has 0 radical (unpaired) electrons. The minimum atomic E-state index is -0.686. The number of aliphatic hydroxyl groups excluding tert-OH is 2. The predicted molar refractivity (Wildman–Crippen MR) is 71.3 cm³/mol. The molecule has 1 fully saturated rings. The standard InChI is InChI=1S/C15H22O4/c1-8-4-5-11(16)9(2)7-13-14(12(17)6-8)10(3)15(18)19-13/h6,10-14,16-17H,2,4-5,7H2,1,3H3. The van der Waals surface area contributed by atoms with Crippen LogP contribution in [0.25, 0.3) is 0 Å². The Bertz CT molecular complexity index is 412. The highest BCUT2D eigenvalue weighted by Crippen LogP contribution is 2.36. The molecule has 5 unspecified atom stereocenters. The van der Waals surface area contributed by atoms with Crippen LogP contribution in [0.5, 0.6) is 0 Å². The normalized spacial score (nSPS) is 40.4. The van der Waals surface area contributed by atoms with E-state index >= 15 is 0 Å². The van der Waals surface area contributed by atoms with Gasteiger partial charge in [-0.25, -0.2) is 0 Å². The Morgan fingerprint density at radius 3 is 2.79 bits per heavy atom. The van der Waals surface area contributed by atoms with E-state index in [9.17, 15) is 15.0 Å². The lowest BCUT2D eigenvalue weighted by Crippen LogP contribution is -2.32. The van der Waals surface area contributed by atoms with Gasteiger partial charge in [-0.2, -0.15) is 0 Å². The topological polar surface area (TPSA) is 66.8 Å². The van der Waals surface area contributed by atoms with E-state index in [1.165, 1.54) is 0 Å². The van der Waals surface area contributed by atoms with Crippen molar-refractivity contribution in [2.45, 2.75) is 51.4 Å². The lowest BCUT2D eigenvalue weighted by atomic mass is 9.81. The number of hydrogen-bond acceptors (Lipinski definition) is 4. The van der Waals surface area contributed by atoms with Crippen LogP contribution >= 0.6 is 0 Å². The van der Waals surface area contributed by atoms with Crippen molar-refractivity contribution in [3.05, 3.63) is 23.8 Å². The molecular weight excluding hydrogens is 244 g/mol. The van der Waals surface area contributed by atoms with E-state index < -0.39 is 12.2 Å². The molecule has 106 valence electrons. The number of aliphatic hydroxyl groups is 2. The highest BCUT2D eigenvalue weighted by molar-refractivity contribution is 5.75. The molecule has 5 atom stereocenters. The van der Waals surface area contributed by atoms with Gasteiger partial charge in [0.1, 0.15) is 6.10 Å². The Balaban J connectivity index is 2.30. The largest absolute Gasteiger partial charge is 0.461 e. The lowest BCUT2D eigenvalue weighted by molar-refractivity contribution is -0.143. The molecule has 0 amide bonds. The molecule has 0 spiro atoms. The van der Waals surface area contributed by atoms with Gasteiger partial charge in [0.15, 0.2) is 0 Å². The second-order valence-electron chi connectivity index (χ2n) is 5.76. The van der Waals surface area contributed by atoms with Crippen LogP contribution in [0.1, 0.15) is 33.1 Å².